The summed E-state index contributed by atoms with van der Waals surface area (Å²) >= 11 is 0. The van der Waals surface area contributed by atoms with E-state index in [4.69, 9.17) is 14.5 Å². The highest BCUT2D eigenvalue weighted by atomic mass is 16.5. The first-order valence-corrected chi connectivity index (χ1v) is 9.67. The zero-order valence-electron chi connectivity index (χ0n) is 17.0. The number of nitrogens with zero attached hydrogens (tertiary/aromatic N) is 4. The second-order valence-corrected chi connectivity index (χ2v) is 8.04. The number of ether oxygens (including phenoxy) is 2. The average Bonchev–Trinajstić information content (AvgIpc) is 3.27. The highest BCUT2D eigenvalue weighted by Gasteiger charge is 2.32. The third kappa shape index (κ3) is 4.65. The Bertz CT molecular complexity index is 753. The number of aromatic nitrogens is 4. The minimum absolute atomic E-state index is 0.0716. The van der Waals surface area contributed by atoms with Crippen molar-refractivity contribution in [2.45, 2.75) is 58.8 Å². The van der Waals surface area contributed by atoms with E-state index < -0.39 is 0 Å². The fourth-order valence-electron chi connectivity index (χ4n) is 3.40. The summed E-state index contributed by atoms with van der Waals surface area (Å²) in [7, 11) is 1.68. The molecule has 0 saturated carbocycles. The quantitative estimate of drug-likeness (QED) is 0.802. The first kappa shape index (κ1) is 19.8. The minimum atomic E-state index is -0.118. The van der Waals surface area contributed by atoms with Gasteiger partial charge in [-0.05, 0) is 19.4 Å². The Morgan fingerprint density at radius 3 is 2.85 bits per heavy atom. The van der Waals surface area contributed by atoms with Crippen molar-refractivity contribution in [2.24, 2.45) is 5.92 Å². The van der Waals surface area contributed by atoms with E-state index in [0.717, 1.165) is 49.1 Å². The van der Waals surface area contributed by atoms with Gasteiger partial charge < -0.3 is 14.8 Å². The predicted molar refractivity (Wildman–Crippen MR) is 105 cm³/mol. The summed E-state index contributed by atoms with van der Waals surface area (Å²) in [6.45, 7) is 11.4. The van der Waals surface area contributed by atoms with E-state index in [2.05, 4.69) is 49.2 Å². The van der Waals surface area contributed by atoms with Gasteiger partial charge in [-0.2, -0.15) is 5.10 Å². The lowest BCUT2D eigenvalue weighted by molar-refractivity contribution is 0.0858. The Hall–Kier alpha value is -1.99. The van der Waals surface area contributed by atoms with Gasteiger partial charge in [0.05, 0.1) is 18.0 Å². The maximum Gasteiger partial charge on any atom is 0.136 e. The molecular weight excluding hydrogens is 342 g/mol. The van der Waals surface area contributed by atoms with E-state index in [0.29, 0.717) is 12.5 Å². The van der Waals surface area contributed by atoms with E-state index in [1.54, 1.807) is 7.11 Å². The van der Waals surface area contributed by atoms with Crippen molar-refractivity contribution in [1.29, 1.82) is 0 Å². The van der Waals surface area contributed by atoms with Crippen LogP contribution in [0.2, 0.25) is 0 Å². The van der Waals surface area contributed by atoms with E-state index in [1.165, 1.54) is 0 Å². The summed E-state index contributed by atoms with van der Waals surface area (Å²) in [5.41, 5.74) is 1.93. The van der Waals surface area contributed by atoms with Crippen LogP contribution in [0.5, 0.6) is 0 Å². The Morgan fingerprint density at radius 1 is 1.33 bits per heavy atom. The third-order valence-corrected chi connectivity index (χ3v) is 4.84. The molecule has 1 aliphatic heterocycles. The Kier molecular flexibility index (Phi) is 6.11. The Morgan fingerprint density at radius 2 is 2.15 bits per heavy atom. The van der Waals surface area contributed by atoms with Crippen LogP contribution < -0.4 is 5.32 Å². The molecule has 1 fully saturated rings. The van der Waals surface area contributed by atoms with Gasteiger partial charge >= 0.3 is 0 Å². The third-order valence-electron chi connectivity index (χ3n) is 4.84. The second kappa shape index (κ2) is 8.35. The van der Waals surface area contributed by atoms with E-state index in [1.807, 2.05) is 16.9 Å². The van der Waals surface area contributed by atoms with Gasteiger partial charge in [0, 0.05) is 50.4 Å². The zero-order valence-corrected chi connectivity index (χ0v) is 17.0. The average molecular weight is 374 g/mol. The molecule has 7 nitrogen and oxygen atoms in total. The van der Waals surface area contributed by atoms with E-state index >= 15 is 0 Å². The molecule has 2 aromatic heterocycles. The summed E-state index contributed by atoms with van der Waals surface area (Å²) in [6.07, 6.45) is 2.94. The van der Waals surface area contributed by atoms with Crippen LogP contribution in [-0.4, -0.2) is 40.0 Å². The fourth-order valence-corrected chi connectivity index (χ4v) is 3.40. The van der Waals surface area contributed by atoms with Crippen molar-refractivity contribution < 1.29 is 9.47 Å². The first-order chi connectivity index (χ1) is 12.9. The molecule has 2 aromatic rings. The van der Waals surface area contributed by atoms with Gasteiger partial charge in [0.1, 0.15) is 17.7 Å². The van der Waals surface area contributed by atoms with Crippen LogP contribution in [0.15, 0.2) is 18.3 Å². The molecule has 27 heavy (non-hydrogen) atoms. The zero-order chi connectivity index (χ0) is 19.4. The van der Waals surface area contributed by atoms with Crippen LogP contribution in [0.4, 0.5) is 5.82 Å². The first-order valence-electron chi connectivity index (χ1n) is 9.67. The molecule has 1 saturated heterocycles. The SMILES string of the molecule is CCn1nccc1[C@@H]1OCC[C@H]1CNc1cc(COC)nc(C(C)(C)C)n1. The summed E-state index contributed by atoms with van der Waals surface area (Å²) in [5.74, 6) is 2.05. The van der Waals surface area contributed by atoms with Gasteiger partial charge in [0.25, 0.3) is 0 Å². The molecule has 148 valence electrons. The topological polar surface area (TPSA) is 74.1 Å². The Balaban J connectivity index is 1.74. The van der Waals surface area contributed by atoms with Gasteiger partial charge in [-0.15, -0.1) is 0 Å². The molecule has 7 heteroatoms. The van der Waals surface area contributed by atoms with Gasteiger partial charge in [0.2, 0.25) is 0 Å². The Labute approximate surface area is 161 Å². The molecule has 0 bridgehead atoms. The fraction of sp³-hybridized carbons (Fsp3) is 0.650. The molecule has 3 rings (SSSR count). The summed E-state index contributed by atoms with van der Waals surface area (Å²) in [5, 5.41) is 7.90. The number of anilines is 1. The molecule has 2 atom stereocenters. The van der Waals surface area contributed by atoms with Gasteiger partial charge in [-0.25, -0.2) is 9.97 Å². The number of hydrogen-bond donors (Lipinski definition) is 1. The van der Waals surface area contributed by atoms with Crippen molar-refractivity contribution in [3.8, 4) is 0 Å². The van der Waals surface area contributed by atoms with Crippen LogP contribution in [0.1, 0.15) is 57.4 Å². The van der Waals surface area contributed by atoms with Crippen molar-refractivity contribution in [1.82, 2.24) is 19.7 Å². The number of aryl methyl sites for hydroxylation is 1. The molecule has 0 aliphatic carbocycles. The van der Waals surface area contributed by atoms with E-state index in [-0.39, 0.29) is 11.5 Å². The van der Waals surface area contributed by atoms with Gasteiger partial charge in [0.15, 0.2) is 0 Å². The summed E-state index contributed by atoms with van der Waals surface area (Å²) in [4.78, 5) is 9.37. The van der Waals surface area contributed by atoms with Crippen LogP contribution in [0, 0.1) is 5.92 Å². The number of nitrogens with one attached hydrogen (secondary N) is 1. The molecule has 1 aliphatic rings. The number of rotatable bonds is 7. The van der Waals surface area contributed by atoms with Crippen molar-refractivity contribution in [3.63, 3.8) is 0 Å². The lowest BCUT2D eigenvalue weighted by Crippen LogP contribution is -2.22. The van der Waals surface area contributed by atoms with Gasteiger partial charge in [-0.3, -0.25) is 4.68 Å². The smallest absolute Gasteiger partial charge is 0.136 e. The lowest BCUT2D eigenvalue weighted by Gasteiger charge is -2.22. The number of methoxy groups -OCH3 is 1. The monoisotopic (exact) mass is 373 g/mol. The largest absolute Gasteiger partial charge is 0.378 e. The molecule has 1 N–H and O–H groups in total. The highest BCUT2D eigenvalue weighted by Crippen LogP contribution is 2.34. The summed E-state index contributed by atoms with van der Waals surface area (Å²) in [6, 6.07) is 4.03. The van der Waals surface area contributed by atoms with Crippen LogP contribution in [0.25, 0.3) is 0 Å². The standard InChI is InChI=1S/C20H31N5O2/c1-6-25-16(7-9-22-25)18-14(8-10-27-18)12-21-17-11-15(13-26-5)23-19(24-17)20(2,3)4/h7,9,11,14,18H,6,8,10,12-13H2,1-5H3,(H,21,23,24)/t14-,18+/m0/s1. The van der Waals surface area contributed by atoms with Crippen molar-refractivity contribution in [3.05, 3.63) is 35.5 Å². The molecule has 3 heterocycles. The molecule has 0 amide bonds. The maximum absolute atomic E-state index is 6.03. The second-order valence-electron chi connectivity index (χ2n) is 8.04. The molecule has 0 unspecified atom stereocenters. The minimum Gasteiger partial charge on any atom is -0.378 e. The normalized spacial score (nSPS) is 20.2. The molecular formula is C20H31N5O2. The number of hydrogen-bond acceptors (Lipinski definition) is 6. The lowest BCUT2D eigenvalue weighted by atomic mass is 9.95. The van der Waals surface area contributed by atoms with Crippen LogP contribution in [-0.2, 0) is 28.0 Å². The van der Waals surface area contributed by atoms with Crippen molar-refractivity contribution >= 4 is 5.82 Å². The summed E-state index contributed by atoms with van der Waals surface area (Å²) < 4.78 is 13.3. The van der Waals surface area contributed by atoms with Crippen molar-refractivity contribution in [2.75, 3.05) is 25.6 Å². The van der Waals surface area contributed by atoms with Gasteiger partial charge in [-0.1, -0.05) is 20.8 Å². The van der Waals surface area contributed by atoms with Crippen LogP contribution in [0.3, 0.4) is 0 Å². The van der Waals surface area contributed by atoms with Crippen LogP contribution >= 0.6 is 0 Å². The van der Waals surface area contributed by atoms with E-state index in [9.17, 15) is 0 Å². The molecule has 0 aromatic carbocycles. The highest BCUT2D eigenvalue weighted by molar-refractivity contribution is 5.37. The predicted octanol–water partition coefficient (Wildman–Crippen LogP) is 3.33. The molecule has 0 radical (unpaired) electrons. The maximum atomic E-state index is 6.03. The molecule has 0 spiro atoms.